The van der Waals surface area contributed by atoms with Gasteiger partial charge in [0.25, 0.3) is 5.91 Å². The third-order valence-corrected chi connectivity index (χ3v) is 6.22. The molecular weight excluding hydrogens is 428 g/mol. The van der Waals surface area contributed by atoms with E-state index in [9.17, 15) is 4.79 Å². The van der Waals surface area contributed by atoms with Crippen LogP contribution in [0.25, 0.3) is 0 Å². The lowest BCUT2D eigenvalue weighted by Crippen LogP contribution is -2.27. The number of nitrogens with zero attached hydrogens (tertiary/aromatic N) is 2. The summed E-state index contributed by atoms with van der Waals surface area (Å²) in [4.78, 5) is 21.2. The molecule has 3 aromatic rings. The van der Waals surface area contributed by atoms with Crippen molar-refractivity contribution < 1.29 is 9.53 Å². The standard InChI is InChI=1S/C26H30N6O2/c1-16(31-26(33)20-9-5-6-10-21(20)34-2)17-11-13-18(14-12-17)23(27)22-24(28)29-15-30-25(22)32-19-7-3-4-8-19/h5-6,9-16,19,27H,3-4,7-8H2,1-2H3,(H,31,33)(H3,28,29,30,32). The number of anilines is 2. The van der Waals surface area contributed by atoms with Gasteiger partial charge >= 0.3 is 0 Å². The molecule has 1 atom stereocenters. The van der Waals surface area contributed by atoms with Gasteiger partial charge in [-0.25, -0.2) is 9.97 Å². The molecule has 1 unspecified atom stereocenters. The van der Waals surface area contributed by atoms with Crippen LogP contribution in [0.4, 0.5) is 11.6 Å². The highest BCUT2D eigenvalue weighted by atomic mass is 16.5. The van der Waals surface area contributed by atoms with Gasteiger partial charge in [0.1, 0.15) is 23.7 Å². The van der Waals surface area contributed by atoms with E-state index in [1.807, 2.05) is 37.3 Å². The van der Waals surface area contributed by atoms with Gasteiger partial charge < -0.3 is 21.1 Å². The van der Waals surface area contributed by atoms with Crippen molar-refractivity contribution in [3.8, 4) is 5.75 Å². The number of benzene rings is 2. The molecule has 4 rings (SSSR count). The number of carbonyl (C=O) groups excluding carboxylic acids is 1. The zero-order valence-electron chi connectivity index (χ0n) is 19.5. The van der Waals surface area contributed by atoms with Gasteiger partial charge in [0, 0.05) is 11.6 Å². The first-order valence-electron chi connectivity index (χ1n) is 11.5. The largest absolute Gasteiger partial charge is 0.496 e. The average molecular weight is 459 g/mol. The van der Waals surface area contributed by atoms with E-state index in [4.69, 9.17) is 15.9 Å². The van der Waals surface area contributed by atoms with E-state index in [2.05, 4.69) is 20.6 Å². The van der Waals surface area contributed by atoms with Gasteiger partial charge in [-0.3, -0.25) is 10.2 Å². The molecule has 1 aliphatic rings. The Bertz CT molecular complexity index is 1170. The summed E-state index contributed by atoms with van der Waals surface area (Å²) in [6.45, 7) is 1.92. The first-order valence-corrected chi connectivity index (χ1v) is 11.5. The Morgan fingerprint density at radius 1 is 1.12 bits per heavy atom. The first kappa shape index (κ1) is 23.2. The minimum Gasteiger partial charge on any atom is -0.496 e. The Hall–Kier alpha value is -3.94. The van der Waals surface area contributed by atoms with Crippen molar-refractivity contribution in [3.05, 3.63) is 77.1 Å². The van der Waals surface area contributed by atoms with E-state index in [1.54, 1.807) is 25.3 Å². The third-order valence-electron chi connectivity index (χ3n) is 6.22. The number of nitrogen functional groups attached to an aromatic ring is 1. The van der Waals surface area contributed by atoms with Crippen LogP contribution < -0.4 is 21.1 Å². The minimum absolute atomic E-state index is 0.210. The molecular formula is C26H30N6O2. The summed E-state index contributed by atoms with van der Waals surface area (Å²) < 4.78 is 5.29. The van der Waals surface area contributed by atoms with Crippen LogP contribution in [0.15, 0.2) is 54.9 Å². The van der Waals surface area contributed by atoms with Crippen LogP contribution in [-0.4, -0.2) is 34.7 Å². The summed E-state index contributed by atoms with van der Waals surface area (Å²) in [5.41, 5.74) is 9.03. The summed E-state index contributed by atoms with van der Waals surface area (Å²) in [5, 5.41) is 15.2. The maximum Gasteiger partial charge on any atom is 0.255 e. The maximum atomic E-state index is 12.7. The second-order valence-electron chi connectivity index (χ2n) is 8.50. The van der Waals surface area contributed by atoms with Crippen molar-refractivity contribution in [3.63, 3.8) is 0 Å². The fraction of sp³-hybridized carbons (Fsp3) is 0.308. The lowest BCUT2D eigenvalue weighted by Gasteiger charge is -2.18. The van der Waals surface area contributed by atoms with Crippen LogP contribution in [0.1, 0.15) is 65.7 Å². The number of ether oxygens (including phenoxy) is 1. The number of nitrogens with one attached hydrogen (secondary N) is 3. The summed E-state index contributed by atoms with van der Waals surface area (Å²) in [5.74, 6) is 1.20. The normalized spacial score (nSPS) is 14.4. The Morgan fingerprint density at radius 2 is 1.82 bits per heavy atom. The van der Waals surface area contributed by atoms with Crippen molar-refractivity contribution in [1.82, 2.24) is 15.3 Å². The van der Waals surface area contributed by atoms with Crippen LogP contribution in [0.2, 0.25) is 0 Å². The van der Waals surface area contributed by atoms with E-state index in [1.165, 1.54) is 19.2 Å². The number of para-hydroxylation sites is 1. The van der Waals surface area contributed by atoms with Gasteiger partial charge in [-0.05, 0) is 37.5 Å². The molecule has 2 aromatic carbocycles. The molecule has 0 aliphatic heterocycles. The maximum absolute atomic E-state index is 12.7. The first-order chi connectivity index (χ1) is 16.5. The predicted molar refractivity (Wildman–Crippen MR) is 134 cm³/mol. The molecule has 0 bridgehead atoms. The molecule has 1 heterocycles. The number of rotatable bonds is 8. The monoisotopic (exact) mass is 458 g/mol. The summed E-state index contributed by atoms with van der Waals surface area (Å²) in [6.07, 6.45) is 5.99. The molecule has 5 N–H and O–H groups in total. The van der Waals surface area contributed by atoms with E-state index in [0.29, 0.717) is 34.3 Å². The molecule has 0 saturated heterocycles. The van der Waals surface area contributed by atoms with Crippen LogP contribution in [0.5, 0.6) is 5.75 Å². The van der Waals surface area contributed by atoms with E-state index >= 15 is 0 Å². The molecule has 1 amide bonds. The molecule has 176 valence electrons. The topological polar surface area (TPSA) is 126 Å². The molecule has 0 spiro atoms. The van der Waals surface area contributed by atoms with E-state index < -0.39 is 0 Å². The lowest BCUT2D eigenvalue weighted by atomic mass is 9.99. The van der Waals surface area contributed by atoms with Crippen molar-refractivity contribution >= 4 is 23.3 Å². The number of hydrogen-bond acceptors (Lipinski definition) is 7. The Labute approximate surface area is 199 Å². The van der Waals surface area contributed by atoms with Gasteiger partial charge in [0.15, 0.2) is 0 Å². The highest BCUT2D eigenvalue weighted by Gasteiger charge is 2.21. The summed E-state index contributed by atoms with van der Waals surface area (Å²) in [7, 11) is 1.54. The van der Waals surface area contributed by atoms with E-state index in [-0.39, 0.29) is 23.5 Å². The second kappa shape index (κ2) is 10.3. The molecule has 8 heteroatoms. The van der Waals surface area contributed by atoms with Crippen molar-refractivity contribution in [2.75, 3.05) is 18.2 Å². The molecule has 8 nitrogen and oxygen atoms in total. The Morgan fingerprint density at radius 3 is 2.53 bits per heavy atom. The van der Waals surface area contributed by atoms with Crippen molar-refractivity contribution in [2.45, 2.75) is 44.7 Å². The number of nitrogens with two attached hydrogens (primary N) is 1. The number of hydrogen-bond donors (Lipinski definition) is 4. The molecule has 1 aromatic heterocycles. The fourth-order valence-corrected chi connectivity index (χ4v) is 4.29. The number of aromatic nitrogens is 2. The lowest BCUT2D eigenvalue weighted by molar-refractivity contribution is 0.0937. The number of amides is 1. The van der Waals surface area contributed by atoms with Gasteiger partial charge in [-0.1, -0.05) is 49.2 Å². The number of carbonyl (C=O) groups is 1. The van der Waals surface area contributed by atoms with Gasteiger partial charge in [-0.15, -0.1) is 0 Å². The smallest absolute Gasteiger partial charge is 0.255 e. The third kappa shape index (κ3) is 5.01. The van der Waals surface area contributed by atoms with Crippen LogP contribution in [0, 0.1) is 5.41 Å². The zero-order chi connectivity index (χ0) is 24.1. The fourth-order valence-electron chi connectivity index (χ4n) is 4.29. The second-order valence-corrected chi connectivity index (χ2v) is 8.50. The number of methoxy groups -OCH3 is 1. The van der Waals surface area contributed by atoms with E-state index in [0.717, 1.165) is 18.4 Å². The molecule has 0 radical (unpaired) electrons. The SMILES string of the molecule is COc1ccccc1C(=O)NC(C)c1ccc(C(=N)c2c(N)ncnc2NC2CCCC2)cc1. The highest BCUT2D eigenvalue weighted by Crippen LogP contribution is 2.27. The van der Waals surface area contributed by atoms with Crippen LogP contribution in [0.3, 0.4) is 0 Å². The zero-order valence-corrected chi connectivity index (χ0v) is 19.5. The molecule has 34 heavy (non-hydrogen) atoms. The highest BCUT2D eigenvalue weighted by molar-refractivity contribution is 6.16. The molecule has 1 aliphatic carbocycles. The van der Waals surface area contributed by atoms with Crippen molar-refractivity contribution in [1.29, 1.82) is 5.41 Å². The van der Waals surface area contributed by atoms with Gasteiger partial charge in [0.2, 0.25) is 0 Å². The predicted octanol–water partition coefficient (Wildman–Crippen LogP) is 4.33. The summed E-state index contributed by atoms with van der Waals surface area (Å²) >= 11 is 0. The van der Waals surface area contributed by atoms with Gasteiger partial charge in [-0.2, -0.15) is 0 Å². The van der Waals surface area contributed by atoms with Crippen LogP contribution in [-0.2, 0) is 0 Å². The Kier molecular flexibility index (Phi) is 7.06. The summed E-state index contributed by atoms with van der Waals surface area (Å²) in [6, 6.07) is 14.8. The van der Waals surface area contributed by atoms with Crippen LogP contribution >= 0.6 is 0 Å². The van der Waals surface area contributed by atoms with Gasteiger partial charge in [0.05, 0.1) is 30.0 Å². The van der Waals surface area contributed by atoms with Crippen molar-refractivity contribution in [2.24, 2.45) is 0 Å². The quantitative estimate of drug-likeness (QED) is 0.372. The molecule has 1 fully saturated rings. The Balaban J connectivity index is 1.49. The average Bonchev–Trinajstić information content (AvgIpc) is 3.37. The minimum atomic E-state index is -0.231. The molecule has 1 saturated carbocycles.